The van der Waals surface area contributed by atoms with Crippen molar-refractivity contribution in [2.24, 2.45) is 0 Å². The van der Waals surface area contributed by atoms with Crippen molar-refractivity contribution in [3.05, 3.63) is 65.1 Å². The zero-order valence-corrected chi connectivity index (χ0v) is 22.0. The minimum atomic E-state index is -4.17. The summed E-state index contributed by atoms with van der Waals surface area (Å²) in [6, 6.07) is 6.02. The van der Waals surface area contributed by atoms with Crippen LogP contribution < -0.4 is 10.9 Å². The summed E-state index contributed by atoms with van der Waals surface area (Å²) in [5, 5.41) is 6.89. The van der Waals surface area contributed by atoms with Crippen LogP contribution in [-0.2, 0) is 20.0 Å². The van der Waals surface area contributed by atoms with E-state index in [1.165, 1.54) is 28.7 Å². The third-order valence-corrected chi connectivity index (χ3v) is 9.11. The third kappa shape index (κ3) is 5.24. The van der Waals surface area contributed by atoms with Crippen LogP contribution in [-0.4, -0.2) is 75.2 Å². The first kappa shape index (κ1) is 26.8. The van der Waals surface area contributed by atoms with E-state index in [1.807, 2.05) is 0 Å². The zero-order valence-electron chi connectivity index (χ0n) is 20.3. The van der Waals surface area contributed by atoms with Crippen molar-refractivity contribution in [3.8, 4) is 5.69 Å². The van der Waals surface area contributed by atoms with Crippen LogP contribution in [0.2, 0.25) is 0 Å². The van der Waals surface area contributed by atoms with Gasteiger partial charge in [0.1, 0.15) is 12.7 Å². The van der Waals surface area contributed by atoms with Gasteiger partial charge in [-0.2, -0.15) is 13.4 Å². The van der Waals surface area contributed by atoms with Crippen molar-refractivity contribution < 1.29 is 27.0 Å². The summed E-state index contributed by atoms with van der Waals surface area (Å²) in [4.78, 5) is 25.2. The quantitative estimate of drug-likeness (QED) is 0.339. The normalized spacial score (nSPS) is 15.7. The van der Waals surface area contributed by atoms with E-state index in [1.54, 1.807) is 0 Å². The fraction of sp³-hybridized carbons (Fsp3) is 0.318. The molecule has 0 bridgehead atoms. The average Bonchev–Trinajstić information content (AvgIpc) is 3.44. The topological polar surface area (TPSA) is 162 Å². The van der Waals surface area contributed by atoms with Crippen LogP contribution in [0, 0.1) is 0 Å². The molecular weight excluding hydrogens is 558 g/mol. The Labute approximate surface area is 222 Å². The highest BCUT2D eigenvalue weighted by atomic mass is 32.2. The van der Waals surface area contributed by atoms with Gasteiger partial charge in [0.05, 0.1) is 22.4 Å². The molecule has 0 spiro atoms. The lowest BCUT2D eigenvalue weighted by molar-refractivity contribution is 0.149. The smallest absolute Gasteiger partial charge is 0.284 e. The van der Waals surface area contributed by atoms with E-state index in [4.69, 9.17) is 0 Å². The Morgan fingerprint density at radius 2 is 1.87 bits per heavy atom. The maximum absolute atomic E-state index is 13.8. The molecule has 5 rings (SSSR count). The van der Waals surface area contributed by atoms with Crippen LogP contribution in [0.3, 0.4) is 0 Å². The molecule has 4 heterocycles. The molecule has 39 heavy (non-hydrogen) atoms. The van der Waals surface area contributed by atoms with Crippen LogP contribution >= 0.6 is 0 Å². The van der Waals surface area contributed by atoms with Gasteiger partial charge in [-0.05, 0) is 37.1 Å². The summed E-state index contributed by atoms with van der Waals surface area (Å²) < 4.78 is 79.9. The lowest BCUT2D eigenvalue weighted by Gasteiger charge is -2.30. The summed E-state index contributed by atoms with van der Waals surface area (Å²) >= 11 is 0. The van der Waals surface area contributed by atoms with Gasteiger partial charge in [-0.15, -0.1) is 9.19 Å². The van der Waals surface area contributed by atoms with Crippen molar-refractivity contribution >= 4 is 37.0 Å². The van der Waals surface area contributed by atoms with E-state index in [2.05, 4.69) is 25.4 Å². The largest absolute Gasteiger partial charge is 0.351 e. The number of hydrogen-bond donors (Lipinski definition) is 1. The summed E-state index contributed by atoms with van der Waals surface area (Å²) in [6.45, 7) is 0.610. The van der Waals surface area contributed by atoms with Gasteiger partial charge in [0.2, 0.25) is 16.0 Å². The number of rotatable bonds is 7. The summed E-state index contributed by atoms with van der Waals surface area (Å²) in [5.41, 5.74) is -1.91. The lowest BCUT2D eigenvalue weighted by Crippen LogP contribution is -2.42. The second kappa shape index (κ2) is 10.0. The number of aromatic nitrogens is 6. The van der Waals surface area contributed by atoms with Crippen molar-refractivity contribution in [3.63, 3.8) is 0 Å². The minimum Gasteiger partial charge on any atom is -0.351 e. The Kier molecular flexibility index (Phi) is 6.90. The minimum absolute atomic E-state index is 0. The number of sulfonamides is 1. The molecule has 208 valence electrons. The molecule has 0 unspecified atom stereocenters. The van der Waals surface area contributed by atoms with E-state index in [9.17, 15) is 30.4 Å². The fourth-order valence-corrected chi connectivity index (χ4v) is 6.27. The van der Waals surface area contributed by atoms with Crippen LogP contribution in [0.25, 0.3) is 16.7 Å². The first-order chi connectivity index (χ1) is 18.4. The Bertz CT molecular complexity index is 1810. The number of halogens is 2. The Morgan fingerprint density at radius 1 is 1.13 bits per heavy atom. The Morgan fingerprint density at radius 3 is 2.51 bits per heavy atom. The summed E-state index contributed by atoms with van der Waals surface area (Å²) in [5.74, 6) is 0.102. The standard InChI is InChI=1S/C22H22F2N8O5S2.H2/c1-38(34,35)30-7-5-15(6-8-30)28-22-26-11-14-9-18(19(23)24)21(33)32(20(14)29-22)16-3-2-4-17(10-16)39(36,37)31-13-25-12-27-31;/h2-4,9-13,15,19H,5-8H2,1H3,(H,26,28,29);1H. The van der Waals surface area contributed by atoms with Crippen molar-refractivity contribution in [1.82, 2.24) is 33.0 Å². The second-order valence-corrected chi connectivity index (χ2v) is 12.6. The van der Waals surface area contributed by atoms with Gasteiger partial charge in [0.15, 0.2) is 5.65 Å². The third-order valence-electron chi connectivity index (χ3n) is 6.28. The molecule has 4 aromatic rings. The predicted molar refractivity (Wildman–Crippen MR) is 138 cm³/mol. The number of anilines is 1. The number of nitrogens with one attached hydrogen (secondary N) is 1. The highest BCUT2D eigenvalue weighted by molar-refractivity contribution is 7.89. The Hall–Kier alpha value is -3.83. The molecule has 0 atom stereocenters. The molecule has 0 radical (unpaired) electrons. The number of fused-ring (bicyclic) bond motifs is 1. The van der Waals surface area contributed by atoms with Crippen molar-refractivity contribution in [2.75, 3.05) is 24.7 Å². The first-order valence-corrected chi connectivity index (χ1v) is 14.9. The van der Waals surface area contributed by atoms with Gasteiger partial charge in [-0.25, -0.2) is 31.5 Å². The number of hydrogen-bond acceptors (Lipinski definition) is 10. The molecular formula is C22H24F2N8O5S2. The summed E-state index contributed by atoms with van der Waals surface area (Å²) in [6.07, 6.45) is 2.32. The van der Waals surface area contributed by atoms with Gasteiger partial charge < -0.3 is 5.32 Å². The molecule has 0 amide bonds. The van der Waals surface area contributed by atoms with Gasteiger partial charge in [-0.1, -0.05) is 6.07 Å². The maximum atomic E-state index is 13.8. The molecule has 1 fully saturated rings. The average molecular weight is 583 g/mol. The van der Waals surface area contributed by atoms with Crippen LogP contribution in [0.5, 0.6) is 0 Å². The Balaban J connectivity index is 0.00000370. The molecule has 1 aliphatic heterocycles. The second-order valence-electron chi connectivity index (χ2n) is 8.86. The summed E-state index contributed by atoms with van der Waals surface area (Å²) in [7, 11) is -7.48. The van der Waals surface area contributed by atoms with Crippen molar-refractivity contribution in [1.29, 1.82) is 0 Å². The van der Waals surface area contributed by atoms with Crippen LogP contribution in [0.15, 0.2) is 58.9 Å². The fourth-order valence-electron chi connectivity index (χ4n) is 4.31. The van der Waals surface area contributed by atoms with Crippen LogP contribution in [0.4, 0.5) is 14.7 Å². The molecule has 1 N–H and O–H groups in total. The zero-order chi connectivity index (χ0) is 27.9. The van der Waals surface area contributed by atoms with Gasteiger partial charge in [-0.3, -0.25) is 9.36 Å². The molecule has 0 aliphatic carbocycles. The molecule has 1 aromatic carbocycles. The first-order valence-electron chi connectivity index (χ1n) is 11.6. The van der Waals surface area contributed by atoms with Crippen molar-refractivity contribution in [2.45, 2.75) is 30.2 Å². The van der Waals surface area contributed by atoms with E-state index in [-0.39, 0.29) is 35.0 Å². The monoisotopic (exact) mass is 582 g/mol. The van der Waals surface area contributed by atoms with E-state index < -0.39 is 37.6 Å². The number of piperidine rings is 1. The highest BCUT2D eigenvalue weighted by Crippen LogP contribution is 2.25. The molecule has 1 saturated heterocycles. The molecule has 3 aromatic heterocycles. The van der Waals surface area contributed by atoms with E-state index >= 15 is 0 Å². The van der Waals surface area contributed by atoms with Crippen LogP contribution in [0.1, 0.15) is 26.3 Å². The molecule has 1 aliphatic rings. The molecule has 0 saturated carbocycles. The number of pyridine rings is 1. The number of benzene rings is 1. The van der Waals surface area contributed by atoms with Gasteiger partial charge in [0, 0.05) is 32.1 Å². The lowest BCUT2D eigenvalue weighted by atomic mass is 10.1. The maximum Gasteiger partial charge on any atom is 0.284 e. The number of alkyl halides is 2. The molecule has 13 nitrogen and oxygen atoms in total. The van der Waals surface area contributed by atoms with E-state index in [0.29, 0.717) is 30.0 Å². The highest BCUT2D eigenvalue weighted by Gasteiger charge is 2.26. The number of nitrogens with zero attached hydrogens (tertiary/aromatic N) is 7. The predicted octanol–water partition coefficient (Wildman–Crippen LogP) is 1.63. The molecule has 17 heteroatoms. The van der Waals surface area contributed by atoms with Gasteiger partial charge >= 0.3 is 0 Å². The van der Waals surface area contributed by atoms with E-state index in [0.717, 1.165) is 35.6 Å². The van der Waals surface area contributed by atoms with Gasteiger partial charge in [0.25, 0.3) is 22.0 Å². The SMILES string of the molecule is CS(=O)(=O)N1CCC(Nc2ncc3cc(C(F)F)c(=O)n(-c4cccc(S(=O)(=O)n5cncn5)c4)c3n2)CC1.[HH].